The Balaban J connectivity index is 2.06. The first kappa shape index (κ1) is 10.8. The van der Waals surface area contributed by atoms with E-state index in [9.17, 15) is 5.11 Å². The molecular formula is C12H10N2OS2. The van der Waals surface area contributed by atoms with Crippen molar-refractivity contribution in [2.24, 2.45) is 0 Å². The fourth-order valence-electron chi connectivity index (χ4n) is 1.58. The smallest absolute Gasteiger partial charge is 0.125 e. The Labute approximate surface area is 106 Å². The second kappa shape index (κ2) is 4.18. The first-order valence-electron chi connectivity index (χ1n) is 5.21. The minimum atomic E-state index is -0.459. The molecule has 0 spiro atoms. The predicted molar refractivity (Wildman–Crippen MR) is 71.4 cm³/mol. The van der Waals surface area contributed by atoms with E-state index in [1.165, 1.54) is 11.3 Å². The Morgan fingerprint density at radius 3 is 2.94 bits per heavy atom. The van der Waals surface area contributed by atoms with E-state index in [-0.39, 0.29) is 0 Å². The zero-order chi connectivity index (χ0) is 11.8. The summed E-state index contributed by atoms with van der Waals surface area (Å²) >= 11 is 3.18. The highest BCUT2D eigenvalue weighted by molar-refractivity contribution is 7.17. The molecule has 0 radical (unpaired) electrons. The standard InChI is InChI=1S/C12H10N2OS2/c1-7(15)11-6-14-12(17-11)8-4-10-9(13-5-8)2-3-16-10/h2-7,15H,1H3. The van der Waals surface area contributed by atoms with Gasteiger partial charge in [0.05, 0.1) is 21.2 Å². The number of aliphatic hydroxyl groups excluding tert-OH is 1. The van der Waals surface area contributed by atoms with Crippen molar-refractivity contribution in [1.29, 1.82) is 0 Å². The van der Waals surface area contributed by atoms with E-state index in [0.717, 1.165) is 25.7 Å². The quantitative estimate of drug-likeness (QED) is 0.769. The largest absolute Gasteiger partial charge is 0.388 e. The van der Waals surface area contributed by atoms with Crippen LogP contribution in [0.2, 0.25) is 0 Å². The molecule has 0 saturated carbocycles. The van der Waals surface area contributed by atoms with Crippen LogP contribution in [0.15, 0.2) is 29.9 Å². The predicted octanol–water partition coefficient (Wildman–Crippen LogP) is 3.47. The van der Waals surface area contributed by atoms with Crippen LogP contribution in [-0.2, 0) is 0 Å². The van der Waals surface area contributed by atoms with Gasteiger partial charge in [0, 0.05) is 18.0 Å². The Hall–Kier alpha value is -1.30. The summed E-state index contributed by atoms with van der Waals surface area (Å²) in [6, 6.07) is 4.10. The van der Waals surface area contributed by atoms with Gasteiger partial charge in [-0.3, -0.25) is 4.98 Å². The highest BCUT2D eigenvalue weighted by Crippen LogP contribution is 2.30. The number of hydrogen-bond acceptors (Lipinski definition) is 5. The van der Waals surface area contributed by atoms with E-state index in [2.05, 4.69) is 16.0 Å². The Morgan fingerprint density at radius 2 is 2.18 bits per heavy atom. The van der Waals surface area contributed by atoms with Gasteiger partial charge >= 0.3 is 0 Å². The Kier molecular flexibility index (Phi) is 2.66. The van der Waals surface area contributed by atoms with Crippen LogP contribution in [-0.4, -0.2) is 15.1 Å². The van der Waals surface area contributed by atoms with Crippen LogP contribution in [0, 0.1) is 0 Å². The molecule has 0 saturated heterocycles. The van der Waals surface area contributed by atoms with E-state index in [1.807, 2.05) is 17.6 Å². The fraction of sp³-hybridized carbons (Fsp3) is 0.167. The summed E-state index contributed by atoms with van der Waals surface area (Å²) in [5, 5.41) is 12.4. The normalized spacial score (nSPS) is 13.1. The zero-order valence-electron chi connectivity index (χ0n) is 9.12. The van der Waals surface area contributed by atoms with Crippen molar-refractivity contribution in [2.75, 3.05) is 0 Å². The van der Waals surface area contributed by atoms with Crippen molar-refractivity contribution in [1.82, 2.24) is 9.97 Å². The molecule has 0 aliphatic carbocycles. The van der Waals surface area contributed by atoms with Crippen LogP contribution in [0.5, 0.6) is 0 Å². The van der Waals surface area contributed by atoms with Crippen LogP contribution in [0.1, 0.15) is 17.9 Å². The third-order valence-corrected chi connectivity index (χ3v) is 4.55. The van der Waals surface area contributed by atoms with Crippen molar-refractivity contribution in [3.05, 3.63) is 34.8 Å². The number of aromatic nitrogens is 2. The van der Waals surface area contributed by atoms with Gasteiger partial charge in [-0.25, -0.2) is 4.98 Å². The highest BCUT2D eigenvalue weighted by Gasteiger charge is 2.09. The molecule has 0 aromatic carbocycles. The average Bonchev–Trinajstić information content (AvgIpc) is 2.97. The number of pyridine rings is 1. The molecule has 3 nitrogen and oxygen atoms in total. The molecule has 1 atom stereocenters. The maximum atomic E-state index is 9.48. The summed E-state index contributed by atoms with van der Waals surface area (Å²) in [6.45, 7) is 1.75. The molecule has 3 aromatic rings. The third-order valence-electron chi connectivity index (χ3n) is 2.48. The molecule has 17 heavy (non-hydrogen) atoms. The number of thiophene rings is 1. The summed E-state index contributed by atoms with van der Waals surface area (Å²) in [7, 11) is 0. The van der Waals surface area contributed by atoms with Crippen LogP contribution in [0.4, 0.5) is 0 Å². The van der Waals surface area contributed by atoms with E-state index < -0.39 is 6.10 Å². The molecule has 0 fully saturated rings. The lowest BCUT2D eigenvalue weighted by Crippen LogP contribution is -1.83. The number of fused-ring (bicyclic) bond motifs is 1. The summed E-state index contributed by atoms with van der Waals surface area (Å²) in [4.78, 5) is 9.59. The van der Waals surface area contributed by atoms with Crippen molar-refractivity contribution >= 4 is 32.9 Å². The lowest BCUT2D eigenvalue weighted by molar-refractivity contribution is 0.203. The molecule has 5 heteroatoms. The fourth-order valence-corrected chi connectivity index (χ4v) is 3.19. The molecule has 86 valence electrons. The number of rotatable bonds is 2. The Morgan fingerprint density at radius 1 is 1.29 bits per heavy atom. The number of thiazole rings is 1. The lowest BCUT2D eigenvalue weighted by atomic mass is 10.3. The SMILES string of the molecule is CC(O)c1cnc(-c2cnc3ccsc3c2)s1. The molecular weight excluding hydrogens is 252 g/mol. The van der Waals surface area contributed by atoms with Gasteiger partial charge < -0.3 is 5.11 Å². The topological polar surface area (TPSA) is 46.0 Å². The maximum absolute atomic E-state index is 9.48. The molecule has 3 rings (SSSR count). The van der Waals surface area contributed by atoms with E-state index in [4.69, 9.17) is 0 Å². The molecule has 0 aliphatic rings. The first-order chi connectivity index (χ1) is 8.24. The minimum absolute atomic E-state index is 0.459. The number of nitrogens with zero attached hydrogens (tertiary/aromatic N) is 2. The molecule has 0 bridgehead atoms. The van der Waals surface area contributed by atoms with Crippen LogP contribution >= 0.6 is 22.7 Å². The summed E-state index contributed by atoms with van der Waals surface area (Å²) in [5.74, 6) is 0. The van der Waals surface area contributed by atoms with Crippen LogP contribution in [0.3, 0.4) is 0 Å². The molecule has 1 N–H and O–H groups in total. The van der Waals surface area contributed by atoms with Gasteiger partial charge in [0.15, 0.2) is 0 Å². The van der Waals surface area contributed by atoms with E-state index in [0.29, 0.717) is 0 Å². The van der Waals surface area contributed by atoms with Gasteiger partial charge in [-0.05, 0) is 24.4 Å². The second-order valence-corrected chi connectivity index (χ2v) is 5.78. The molecule has 3 heterocycles. The molecule has 0 aliphatic heterocycles. The zero-order valence-corrected chi connectivity index (χ0v) is 10.8. The monoisotopic (exact) mass is 262 g/mol. The van der Waals surface area contributed by atoms with Gasteiger partial charge in [0.2, 0.25) is 0 Å². The molecule has 0 amide bonds. The van der Waals surface area contributed by atoms with Gasteiger partial charge in [0.1, 0.15) is 5.01 Å². The highest BCUT2D eigenvalue weighted by atomic mass is 32.1. The molecule has 1 unspecified atom stereocenters. The lowest BCUT2D eigenvalue weighted by Gasteiger charge is -1.97. The van der Waals surface area contributed by atoms with Crippen LogP contribution in [0.25, 0.3) is 20.8 Å². The Bertz CT molecular complexity index is 657. The summed E-state index contributed by atoms with van der Waals surface area (Å²) in [6.07, 6.45) is 3.10. The van der Waals surface area contributed by atoms with Crippen molar-refractivity contribution < 1.29 is 5.11 Å². The third kappa shape index (κ3) is 1.97. The van der Waals surface area contributed by atoms with Crippen LogP contribution < -0.4 is 0 Å². The van der Waals surface area contributed by atoms with Crippen molar-refractivity contribution in [3.8, 4) is 10.6 Å². The van der Waals surface area contributed by atoms with Gasteiger partial charge in [-0.1, -0.05) is 0 Å². The number of aliphatic hydroxyl groups is 1. The van der Waals surface area contributed by atoms with Gasteiger partial charge in [-0.15, -0.1) is 22.7 Å². The van der Waals surface area contributed by atoms with Gasteiger partial charge in [0.25, 0.3) is 0 Å². The maximum Gasteiger partial charge on any atom is 0.125 e. The number of hydrogen-bond donors (Lipinski definition) is 1. The average molecular weight is 262 g/mol. The van der Waals surface area contributed by atoms with Crippen molar-refractivity contribution in [2.45, 2.75) is 13.0 Å². The summed E-state index contributed by atoms with van der Waals surface area (Å²) < 4.78 is 1.16. The molecule has 3 aromatic heterocycles. The second-order valence-electron chi connectivity index (χ2n) is 3.77. The summed E-state index contributed by atoms with van der Waals surface area (Å²) in [5.41, 5.74) is 2.03. The van der Waals surface area contributed by atoms with E-state index >= 15 is 0 Å². The minimum Gasteiger partial charge on any atom is -0.388 e. The van der Waals surface area contributed by atoms with E-state index in [1.54, 1.807) is 24.5 Å². The van der Waals surface area contributed by atoms with Gasteiger partial charge in [-0.2, -0.15) is 0 Å². The first-order valence-corrected chi connectivity index (χ1v) is 6.91. The van der Waals surface area contributed by atoms with Crippen molar-refractivity contribution in [3.63, 3.8) is 0 Å².